The van der Waals surface area contributed by atoms with E-state index in [9.17, 15) is 13.7 Å². The van der Waals surface area contributed by atoms with Gasteiger partial charge in [0.05, 0.1) is 33.5 Å². The van der Waals surface area contributed by atoms with E-state index in [0.717, 1.165) is 17.1 Å². The molecule has 2 aromatic rings. The molecule has 0 atom stereocenters. The fourth-order valence-corrected chi connectivity index (χ4v) is 4.87. The number of nitrogens with one attached hydrogen (secondary N) is 3. The van der Waals surface area contributed by atoms with Gasteiger partial charge in [-0.05, 0) is 25.1 Å². The number of imidazole rings is 1. The van der Waals surface area contributed by atoms with Crippen molar-refractivity contribution in [2.24, 2.45) is 0 Å². The Morgan fingerprint density at radius 3 is 2.70 bits per heavy atom. The largest absolute Gasteiger partial charge is 0.369 e. The van der Waals surface area contributed by atoms with Crippen molar-refractivity contribution >= 4 is 44.8 Å². The molecule has 30 heavy (non-hydrogen) atoms. The number of halogens is 2. The maximum atomic E-state index is 13.0. The molecule has 7 nitrogen and oxygen atoms in total. The van der Waals surface area contributed by atoms with E-state index in [0.29, 0.717) is 12.3 Å². The van der Waals surface area contributed by atoms with Gasteiger partial charge in [-0.15, -0.1) is 6.42 Å². The van der Waals surface area contributed by atoms with Crippen molar-refractivity contribution in [2.45, 2.75) is 17.6 Å². The van der Waals surface area contributed by atoms with Crippen molar-refractivity contribution in [1.82, 2.24) is 20.6 Å². The van der Waals surface area contributed by atoms with Gasteiger partial charge in [0.1, 0.15) is 11.9 Å². The summed E-state index contributed by atoms with van der Waals surface area (Å²) in [6.45, 7) is 2.38. The summed E-state index contributed by atoms with van der Waals surface area (Å²) in [5, 5.41) is 15.6. The number of nitrogens with zero attached hydrogens (tertiary/aromatic N) is 2. The van der Waals surface area contributed by atoms with Crippen LogP contribution in [0.1, 0.15) is 11.4 Å². The Bertz CT molecular complexity index is 1110. The number of benzene rings is 1. The molecule has 0 aliphatic carbocycles. The average Bonchev–Trinajstić information content (AvgIpc) is 3.12. The van der Waals surface area contributed by atoms with Crippen LogP contribution in [0.5, 0.6) is 0 Å². The molecule has 0 aliphatic heterocycles. The van der Waals surface area contributed by atoms with E-state index in [1.54, 1.807) is 24.2 Å². The number of sulfone groups is 1. The molecule has 0 radical (unpaired) electrons. The van der Waals surface area contributed by atoms with Gasteiger partial charge in [0.2, 0.25) is 9.84 Å². The molecule has 0 bridgehead atoms. The molecule has 0 spiro atoms. The number of aryl methyl sites for hydroxylation is 1. The Morgan fingerprint density at radius 2 is 2.10 bits per heavy atom. The van der Waals surface area contributed by atoms with Gasteiger partial charge in [-0.2, -0.15) is 17.0 Å². The van der Waals surface area contributed by atoms with Crippen LogP contribution in [0.4, 0.5) is 0 Å². The summed E-state index contributed by atoms with van der Waals surface area (Å²) in [6.07, 6.45) is 6.92. The van der Waals surface area contributed by atoms with Crippen LogP contribution in [-0.2, 0) is 15.6 Å². The summed E-state index contributed by atoms with van der Waals surface area (Å²) in [6, 6.07) is 5.62. The highest BCUT2D eigenvalue weighted by molar-refractivity contribution is 7.98. The first-order valence-corrected chi connectivity index (χ1v) is 12.0. The topological polar surface area (TPSA) is 111 Å². The van der Waals surface area contributed by atoms with E-state index >= 15 is 0 Å². The van der Waals surface area contributed by atoms with Gasteiger partial charge in [-0.25, -0.2) is 13.4 Å². The summed E-state index contributed by atoms with van der Waals surface area (Å²) in [7, 11) is -4.14. The Balaban J connectivity index is 2.17. The Morgan fingerprint density at radius 1 is 1.33 bits per heavy atom. The number of terminal acetylenes is 1. The Labute approximate surface area is 190 Å². The number of rotatable bonds is 10. The summed E-state index contributed by atoms with van der Waals surface area (Å²) in [4.78, 5) is 6.59. The van der Waals surface area contributed by atoms with Crippen molar-refractivity contribution in [3.63, 3.8) is 0 Å². The zero-order chi connectivity index (χ0) is 22.1. The van der Waals surface area contributed by atoms with Gasteiger partial charge in [0.15, 0.2) is 4.91 Å². The van der Waals surface area contributed by atoms with Crippen LogP contribution in [0, 0.1) is 30.6 Å². The van der Waals surface area contributed by atoms with Gasteiger partial charge < -0.3 is 15.6 Å². The van der Waals surface area contributed by atoms with Gasteiger partial charge in [0.25, 0.3) is 0 Å². The number of thioether (sulfide) groups is 1. The second kappa shape index (κ2) is 11.2. The first-order valence-electron chi connectivity index (χ1n) is 8.63. The SMILES string of the molecule is C#CCNC(NCCSCc1[nH]cnc1C)=C(C#N)S(=O)(=O)c1ccc(Cl)c(Cl)c1. The average molecular weight is 484 g/mol. The third kappa shape index (κ3) is 6.10. The van der Waals surface area contributed by atoms with Crippen molar-refractivity contribution in [3.05, 3.63) is 56.7 Å². The van der Waals surface area contributed by atoms with Crippen LogP contribution in [0.25, 0.3) is 0 Å². The minimum absolute atomic E-state index is 0.0415. The monoisotopic (exact) mass is 483 g/mol. The second-order valence-corrected chi connectivity index (χ2v) is 9.70. The first-order chi connectivity index (χ1) is 14.3. The standard InChI is InChI=1S/C19H19Cl2N5O2S2/c1-3-6-23-19(24-7-8-29-11-17-13(2)25-12-26-17)18(10-22)30(27,28)14-4-5-15(20)16(21)9-14/h1,4-5,9,12,23-24H,6-8,11H2,2H3,(H,25,26). The summed E-state index contributed by atoms with van der Waals surface area (Å²) >= 11 is 13.4. The molecular weight excluding hydrogens is 465 g/mol. The summed E-state index contributed by atoms with van der Waals surface area (Å²) < 4.78 is 26.0. The minimum atomic E-state index is -4.14. The maximum Gasteiger partial charge on any atom is 0.220 e. The molecule has 158 valence electrons. The van der Waals surface area contributed by atoms with Crippen LogP contribution in [0.3, 0.4) is 0 Å². The first kappa shape index (κ1) is 24.0. The molecule has 0 unspecified atom stereocenters. The summed E-state index contributed by atoms with van der Waals surface area (Å²) in [5.74, 6) is 3.80. The fourth-order valence-electron chi connectivity index (χ4n) is 2.33. The number of allylic oxidation sites excluding steroid dienone is 1. The minimum Gasteiger partial charge on any atom is -0.369 e. The fraction of sp³-hybridized carbons (Fsp3) is 0.263. The van der Waals surface area contributed by atoms with Gasteiger partial charge >= 0.3 is 0 Å². The predicted molar refractivity (Wildman–Crippen MR) is 121 cm³/mol. The van der Waals surface area contributed by atoms with Crippen molar-refractivity contribution in [1.29, 1.82) is 5.26 Å². The quantitative estimate of drug-likeness (QED) is 0.270. The lowest BCUT2D eigenvalue weighted by Gasteiger charge is -2.15. The number of H-pyrrole nitrogens is 1. The van der Waals surface area contributed by atoms with Crippen LogP contribution in [0.15, 0.2) is 40.1 Å². The highest BCUT2D eigenvalue weighted by Gasteiger charge is 2.26. The van der Waals surface area contributed by atoms with Crippen molar-refractivity contribution in [3.8, 4) is 18.4 Å². The van der Waals surface area contributed by atoms with Gasteiger partial charge in [0, 0.05) is 23.7 Å². The molecule has 0 amide bonds. The molecule has 1 aromatic carbocycles. The Hall–Kier alpha value is -2.30. The molecule has 3 N–H and O–H groups in total. The molecule has 0 fully saturated rings. The van der Waals surface area contributed by atoms with E-state index in [-0.39, 0.29) is 27.3 Å². The van der Waals surface area contributed by atoms with E-state index in [1.165, 1.54) is 18.2 Å². The third-order valence-corrected chi connectivity index (χ3v) is 7.33. The molecule has 0 aliphatic rings. The van der Waals surface area contributed by atoms with Crippen molar-refractivity contribution < 1.29 is 8.42 Å². The van der Waals surface area contributed by atoms with E-state index in [1.807, 2.05) is 6.92 Å². The highest BCUT2D eigenvalue weighted by Crippen LogP contribution is 2.28. The molecule has 0 saturated carbocycles. The zero-order valence-corrected chi connectivity index (χ0v) is 19.1. The number of aromatic nitrogens is 2. The molecule has 1 aromatic heterocycles. The van der Waals surface area contributed by atoms with Crippen molar-refractivity contribution in [2.75, 3.05) is 18.8 Å². The molecular formula is C19H19Cl2N5O2S2. The predicted octanol–water partition coefficient (Wildman–Crippen LogP) is 3.24. The van der Waals surface area contributed by atoms with Crippen LogP contribution < -0.4 is 10.6 Å². The smallest absolute Gasteiger partial charge is 0.220 e. The normalized spacial score (nSPS) is 11.9. The molecule has 0 saturated heterocycles. The lowest BCUT2D eigenvalue weighted by molar-refractivity contribution is 0.601. The van der Waals surface area contributed by atoms with E-state index < -0.39 is 14.7 Å². The number of hydrogen-bond donors (Lipinski definition) is 3. The van der Waals surface area contributed by atoms with Gasteiger partial charge in [-0.1, -0.05) is 29.1 Å². The maximum absolute atomic E-state index is 13.0. The van der Waals surface area contributed by atoms with Crippen LogP contribution >= 0.6 is 35.0 Å². The summed E-state index contributed by atoms with van der Waals surface area (Å²) in [5.41, 5.74) is 1.97. The van der Waals surface area contributed by atoms with Gasteiger partial charge in [-0.3, -0.25) is 0 Å². The number of nitriles is 1. The second-order valence-electron chi connectivity index (χ2n) is 5.90. The number of hydrogen-bond acceptors (Lipinski definition) is 7. The highest BCUT2D eigenvalue weighted by atomic mass is 35.5. The molecule has 1 heterocycles. The lowest BCUT2D eigenvalue weighted by Crippen LogP contribution is -2.31. The Kier molecular flexibility index (Phi) is 8.94. The van der Waals surface area contributed by atoms with Crippen LogP contribution in [0.2, 0.25) is 10.0 Å². The molecule has 11 heteroatoms. The number of aromatic amines is 1. The van der Waals surface area contributed by atoms with E-state index in [4.69, 9.17) is 29.6 Å². The van der Waals surface area contributed by atoms with E-state index in [2.05, 4.69) is 26.5 Å². The van der Waals surface area contributed by atoms with Crippen LogP contribution in [-0.4, -0.2) is 37.2 Å². The lowest BCUT2D eigenvalue weighted by atomic mass is 10.4. The third-order valence-electron chi connectivity index (χ3n) is 3.89. The molecule has 2 rings (SSSR count). The zero-order valence-electron chi connectivity index (χ0n) is 16.0.